The third-order valence-corrected chi connectivity index (χ3v) is 2.28. The minimum atomic E-state index is -0.131. The molecule has 4 nitrogen and oxygen atoms in total. The first-order valence-electron chi connectivity index (χ1n) is 5.23. The SMILES string of the molecule is CCC(=O)NCC(=O)N(C)c1ccccc1. The normalized spacial score (nSPS) is 9.62. The maximum atomic E-state index is 11.7. The first kappa shape index (κ1) is 12.2. The number of likely N-dealkylation sites (N-methyl/N-ethyl adjacent to an activating group) is 1. The molecule has 0 aliphatic heterocycles. The van der Waals surface area contributed by atoms with Crippen LogP contribution < -0.4 is 10.2 Å². The lowest BCUT2D eigenvalue weighted by atomic mass is 10.3. The van der Waals surface area contributed by atoms with Crippen molar-refractivity contribution in [2.24, 2.45) is 0 Å². The van der Waals surface area contributed by atoms with Gasteiger partial charge in [0, 0.05) is 19.2 Å². The maximum absolute atomic E-state index is 11.7. The highest BCUT2D eigenvalue weighted by Gasteiger charge is 2.10. The highest BCUT2D eigenvalue weighted by atomic mass is 16.2. The molecule has 16 heavy (non-hydrogen) atoms. The summed E-state index contributed by atoms with van der Waals surface area (Å²) in [6, 6.07) is 9.31. The number of rotatable bonds is 4. The Balaban J connectivity index is 2.52. The molecule has 2 amide bonds. The summed E-state index contributed by atoms with van der Waals surface area (Å²) in [5, 5.41) is 2.55. The third kappa shape index (κ3) is 3.38. The number of carbonyl (C=O) groups excluding carboxylic acids is 2. The molecule has 0 unspecified atom stereocenters. The molecule has 4 heteroatoms. The molecule has 0 fully saturated rings. The van der Waals surface area contributed by atoms with Crippen molar-refractivity contribution in [3.8, 4) is 0 Å². The minimum absolute atomic E-state index is 0.0397. The van der Waals surface area contributed by atoms with E-state index in [1.54, 1.807) is 14.0 Å². The van der Waals surface area contributed by atoms with Gasteiger partial charge < -0.3 is 10.2 Å². The molecule has 0 bridgehead atoms. The lowest BCUT2D eigenvalue weighted by Gasteiger charge is -2.17. The number of carbonyl (C=O) groups is 2. The van der Waals surface area contributed by atoms with Gasteiger partial charge in [-0.05, 0) is 12.1 Å². The lowest BCUT2D eigenvalue weighted by molar-refractivity contribution is -0.124. The van der Waals surface area contributed by atoms with Gasteiger partial charge in [0.2, 0.25) is 11.8 Å². The Hall–Kier alpha value is -1.84. The van der Waals surface area contributed by atoms with Crippen LogP contribution in [-0.4, -0.2) is 25.4 Å². The molecule has 0 saturated carbocycles. The van der Waals surface area contributed by atoms with Crippen LogP contribution in [0, 0.1) is 0 Å². The van der Waals surface area contributed by atoms with E-state index in [9.17, 15) is 9.59 Å². The van der Waals surface area contributed by atoms with Gasteiger partial charge in [-0.1, -0.05) is 25.1 Å². The van der Waals surface area contributed by atoms with Gasteiger partial charge >= 0.3 is 0 Å². The Morgan fingerprint density at radius 3 is 2.44 bits per heavy atom. The number of para-hydroxylation sites is 1. The number of anilines is 1. The number of amides is 2. The van der Waals surface area contributed by atoms with Crippen LogP contribution in [0.4, 0.5) is 5.69 Å². The van der Waals surface area contributed by atoms with Crippen molar-refractivity contribution >= 4 is 17.5 Å². The zero-order valence-corrected chi connectivity index (χ0v) is 9.56. The van der Waals surface area contributed by atoms with E-state index in [1.165, 1.54) is 4.90 Å². The van der Waals surface area contributed by atoms with Crippen LogP contribution in [0.1, 0.15) is 13.3 Å². The van der Waals surface area contributed by atoms with Crippen LogP contribution in [0.15, 0.2) is 30.3 Å². The Morgan fingerprint density at radius 1 is 1.25 bits per heavy atom. The lowest BCUT2D eigenvalue weighted by Crippen LogP contribution is -2.37. The van der Waals surface area contributed by atoms with Crippen LogP contribution in [0.5, 0.6) is 0 Å². The third-order valence-electron chi connectivity index (χ3n) is 2.28. The van der Waals surface area contributed by atoms with Crippen LogP contribution >= 0.6 is 0 Å². The molecule has 0 radical (unpaired) electrons. The maximum Gasteiger partial charge on any atom is 0.246 e. The molecule has 0 aliphatic carbocycles. The highest BCUT2D eigenvalue weighted by Crippen LogP contribution is 2.10. The summed E-state index contributed by atoms with van der Waals surface area (Å²) in [7, 11) is 1.69. The average molecular weight is 220 g/mol. The molecule has 0 saturated heterocycles. The molecule has 1 aromatic rings. The predicted octanol–water partition coefficient (Wildman–Crippen LogP) is 1.18. The summed E-state index contributed by atoms with van der Waals surface area (Å²) >= 11 is 0. The first-order valence-corrected chi connectivity index (χ1v) is 5.23. The fraction of sp³-hybridized carbons (Fsp3) is 0.333. The Labute approximate surface area is 95.3 Å². The van der Waals surface area contributed by atoms with Crippen molar-refractivity contribution in [3.05, 3.63) is 30.3 Å². The summed E-state index contributed by atoms with van der Waals surface area (Å²) in [5.41, 5.74) is 0.818. The molecule has 1 aromatic carbocycles. The summed E-state index contributed by atoms with van der Waals surface area (Å²) in [5.74, 6) is -0.247. The smallest absolute Gasteiger partial charge is 0.246 e. The molecular formula is C12H16N2O2. The predicted molar refractivity (Wildman–Crippen MR) is 63.2 cm³/mol. The zero-order valence-electron chi connectivity index (χ0n) is 9.56. The number of nitrogens with zero attached hydrogens (tertiary/aromatic N) is 1. The second-order valence-corrected chi connectivity index (χ2v) is 3.42. The zero-order chi connectivity index (χ0) is 12.0. The van der Waals surface area contributed by atoms with E-state index in [2.05, 4.69) is 5.32 Å². The van der Waals surface area contributed by atoms with Gasteiger partial charge in [-0.25, -0.2) is 0 Å². The summed E-state index contributed by atoms with van der Waals surface area (Å²) in [6.07, 6.45) is 0.391. The van der Waals surface area contributed by atoms with E-state index < -0.39 is 0 Å². The second-order valence-electron chi connectivity index (χ2n) is 3.42. The summed E-state index contributed by atoms with van der Waals surface area (Å²) in [6.45, 7) is 1.79. The molecule has 0 heterocycles. The second kappa shape index (κ2) is 5.90. The van der Waals surface area contributed by atoms with E-state index in [0.717, 1.165) is 5.69 Å². The molecule has 1 N–H and O–H groups in total. The van der Waals surface area contributed by atoms with Crippen LogP contribution in [-0.2, 0) is 9.59 Å². The molecule has 86 valence electrons. The number of nitrogens with one attached hydrogen (secondary N) is 1. The van der Waals surface area contributed by atoms with E-state index in [0.29, 0.717) is 6.42 Å². The molecule has 0 atom stereocenters. The van der Waals surface area contributed by atoms with Gasteiger partial charge in [-0.2, -0.15) is 0 Å². The van der Waals surface area contributed by atoms with Crippen molar-refractivity contribution in [3.63, 3.8) is 0 Å². The number of hydrogen-bond acceptors (Lipinski definition) is 2. The Bertz CT molecular complexity index is 363. The van der Waals surface area contributed by atoms with Crippen molar-refractivity contribution in [1.82, 2.24) is 5.32 Å². The van der Waals surface area contributed by atoms with Gasteiger partial charge in [0.25, 0.3) is 0 Å². The summed E-state index contributed by atoms with van der Waals surface area (Å²) < 4.78 is 0. The minimum Gasteiger partial charge on any atom is -0.347 e. The summed E-state index contributed by atoms with van der Waals surface area (Å²) in [4.78, 5) is 24.2. The molecular weight excluding hydrogens is 204 g/mol. The van der Waals surface area contributed by atoms with Gasteiger partial charge in [0.05, 0.1) is 6.54 Å². The van der Waals surface area contributed by atoms with Crippen molar-refractivity contribution in [2.45, 2.75) is 13.3 Å². The van der Waals surface area contributed by atoms with E-state index in [1.807, 2.05) is 30.3 Å². The largest absolute Gasteiger partial charge is 0.347 e. The van der Waals surface area contributed by atoms with Crippen LogP contribution in [0.3, 0.4) is 0 Å². The van der Waals surface area contributed by atoms with E-state index in [-0.39, 0.29) is 18.4 Å². The van der Waals surface area contributed by atoms with Crippen molar-refractivity contribution in [1.29, 1.82) is 0 Å². The first-order chi connectivity index (χ1) is 7.65. The van der Waals surface area contributed by atoms with Crippen molar-refractivity contribution < 1.29 is 9.59 Å². The van der Waals surface area contributed by atoms with E-state index in [4.69, 9.17) is 0 Å². The fourth-order valence-corrected chi connectivity index (χ4v) is 1.21. The molecule has 0 aliphatic rings. The van der Waals surface area contributed by atoms with Crippen LogP contribution in [0.25, 0.3) is 0 Å². The van der Waals surface area contributed by atoms with E-state index >= 15 is 0 Å². The van der Waals surface area contributed by atoms with Gasteiger partial charge in [0.1, 0.15) is 0 Å². The average Bonchev–Trinajstić information content (AvgIpc) is 2.35. The monoisotopic (exact) mass is 220 g/mol. The Kier molecular flexibility index (Phi) is 4.51. The molecule has 1 rings (SSSR count). The van der Waals surface area contributed by atoms with Crippen LogP contribution in [0.2, 0.25) is 0 Å². The standard InChI is InChI=1S/C12H16N2O2/c1-3-11(15)13-9-12(16)14(2)10-7-5-4-6-8-10/h4-8H,3,9H2,1-2H3,(H,13,15). The topological polar surface area (TPSA) is 49.4 Å². The highest BCUT2D eigenvalue weighted by molar-refractivity contribution is 5.96. The molecule has 0 aromatic heterocycles. The fourth-order valence-electron chi connectivity index (χ4n) is 1.21. The Morgan fingerprint density at radius 2 is 1.88 bits per heavy atom. The van der Waals surface area contributed by atoms with Gasteiger partial charge in [-0.15, -0.1) is 0 Å². The molecule has 0 spiro atoms. The number of benzene rings is 1. The van der Waals surface area contributed by atoms with Crippen molar-refractivity contribution in [2.75, 3.05) is 18.5 Å². The quantitative estimate of drug-likeness (QED) is 0.828. The van der Waals surface area contributed by atoms with Gasteiger partial charge in [-0.3, -0.25) is 9.59 Å². The number of hydrogen-bond donors (Lipinski definition) is 1. The van der Waals surface area contributed by atoms with Gasteiger partial charge in [0.15, 0.2) is 0 Å².